The number of carboxylic acid groups (broad SMARTS) is 1. The molecule has 0 saturated heterocycles. The Morgan fingerprint density at radius 1 is 1.19 bits per heavy atom. The van der Waals surface area contributed by atoms with Crippen molar-refractivity contribution in [1.29, 1.82) is 0 Å². The van der Waals surface area contributed by atoms with Crippen molar-refractivity contribution in [1.82, 2.24) is 4.57 Å². The van der Waals surface area contributed by atoms with Crippen molar-refractivity contribution in [2.45, 2.75) is 17.5 Å². The van der Waals surface area contributed by atoms with Gasteiger partial charge in [-0.2, -0.15) is 0 Å². The fourth-order valence-electron chi connectivity index (χ4n) is 3.75. The number of rotatable bonds is 4. The Morgan fingerprint density at radius 2 is 1.93 bits per heavy atom. The Balaban J connectivity index is 1.88. The van der Waals surface area contributed by atoms with Crippen LogP contribution in [0.2, 0.25) is 0 Å². The van der Waals surface area contributed by atoms with Crippen LogP contribution in [0, 0.1) is 0 Å². The lowest BCUT2D eigenvalue weighted by Gasteiger charge is -2.22. The number of carbonyl (C=O) groups is 1. The summed E-state index contributed by atoms with van der Waals surface area (Å²) in [6, 6.07) is 15.2. The molecule has 1 N–H and O–H groups in total. The first kappa shape index (κ1) is 17.7. The minimum atomic E-state index is -0.963. The number of thioether (sulfide) groups is 1. The molecule has 0 aliphatic carbocycles. The van der Waals surface area contributed by atoms with E-state index in [4.69, 9.17) is 0 Å². The van der Waals surface area contributed by atoms with Crippen molar-refractivity contribution in [2.24, 2.45) is 0 Å². The molecular weight excluding hydrogens is 360 g/mol. The Morgan fingerprint density at radius 3 is 2.67 bits per heavy atom. The third-order valence-corrected chi connectivity index (χ3v) is 6.09. The summed E-state index contributed by atoms with van der Waals surface area (Å²) in [7, 11) is 3.86. The summed E-state index contributed by atoms with van der Waals surface area (Å²) in [6.45, 7) is 0. The average Bonchev–Trinajstić information content (AvgIpc) is 3.07. The molecule has 0 fully saturated rings. The first-order chi connectivity index (χ1) is 13.0. The Hall–Kier alpha value is -2.73. The zero-order valence-electron chi connectivity index (χ0n) is 15.2. The van der Waals surface area contributed by atoms with Gasteiger partial charge in [-0.05, 0) is 21.9 Å². The summed E-state index contributed by atoms with van der Waals surface area (Å²) in [5.41, 5.74) is 2.75. The molecule has 1 aromatic heterocycles. The largest absolute Gasteiger partial charge is 0.480 e. The number of aromatic nitrogens is 1. The van der Waals surface area contributed by atoms with E-state index >= 15 is 0 Å². The lowest BCUT2D eigenvalue weighted by molar-refractivity contribution is -0.140. The molecule has 0 radical (unpaired) electrons. The number of carboxylic acids is 1. The van der Waals surface area contributed by atoms with Crippen molar-refractivity contribution in [3.8, 4) is 0 Å². The maximum absolute atomic E-state index is 12.7. The molecule has 2 heterocycles. The predicted molar refractivity (Wildman–Crippen MR) is 109 cm³/mol. The first-order valence-electron chi connectivity index (χ1n) is 8.75. The molecule has 4 rings (SSSR count). The number of fused-ring (bicyclic) bond motifs is 2. The number of benzene rings is 2. The second-order valence-corrected chi connectivity index (χ2v) is 7.91. The molecule has 1 unspecified atom stereocenters. The van der Waals surface area contributed by atoms with Gasteiger partial charge in [0.2, 0.25) is 0 Å². The summed E-state index contributed by atoms with van der Waals surface area (Å²) in [4.78, 5) is 26.3. The summed E-state index contributed by atoms with van der Waals surface area (Å²) >= 11 is 1.44. The maximum atomic E-state index is 12.7. The maximum Gasteiger partial charge on any atom is 0.327 e. The molecule has 1 aliphatic rings. The zero-order valence-corrected chi connectivity index (χ0v) is 16.0. The molecule has 1 aliphatic heterocycles. The summed E-state index contributed by atoms with van der Waals surface area (Å²) in [5, 5.41) is 12.5. The van der Waals surface area contributed by atoms with Crippen molar-refractivity contribution >= 4 is 34.2 Å². The van der Waals surface area contributed by atoms with Crippen LogP contribution in [0.4, 0.5) is 5.69 Å². The van der Waals surface area contributed by atoms with Crippen LogP contribution < -0.4 is 10.5 Å². The standard InChI is InChI=1S/C21H20N2O3S/c1-22(2)19-15(10-14-8-5-7-13-6-3-4-9-16(13)14)11-18(24)23-17(21(25)26)12-27-20(19)23/h3-9,11,17H,10,12H2,1-2H3,(H,25,26). The second kappa shape index (κ2) is 6.78. The van der Waals surface area contributed by atoms with Gasteiger partial charge in [-0.25, -0.2) is 4.79 Å². The number of nitrogens with zero attached hydrogens (tertiary/aromatic N) is 2. The first-order valence-corrected chi connectivity index (χ1v) is 9.74. The summed E-state index contributed by atoms with van der Waals surface area (Å²) in [5.74, 6) is -0.585. The highest BCUT2D eigenvalue weighted by atomic mass is 32.2. The smallest absolute Gasteiger partial charge is 0.327 e. The van der Waals surface area contributed by atoms with Crippen LogP contribution in [0.1, 0.15) is 17.2 Å². The lowest BCUT2D eigenvalue weighted by atomic mass is 9.98. The van der Waals surface area contributed by atoms with Gasteiger partial charge in [0.1, 0.15) is 11.1 Å². The van der Waals surface area contributed by atoms with Crippen LogP contribution in [0.25, 0.3) is 10.8 Å². The molecule has 6 heteroatoms. The third kappa shape index (κ3) is 3.00. The summed E-state index contributed by atoms with van der Waals surface area (Å²) in [6.07, 6.45) is 0.621. The van der Waals surface area contributed by atoms with E-state index in [9.17, 15) is 14.7 Å². The number of anilines is 1. The molecule has 138 valence electrons. The highest BCUT2D eigenvalue weighted by Crippen LogP contribution is 2.40. The Labute approximate surface area is 161 Å². The highest BCUT2D eigenvalue weighted by Gasteiger charge is 2.33. The minimum Gasteiger partial charge on any atom is -0.480 e. The van der Waals surface area contributed by atoms with Gasteiger partial charge in [-0.1, -0.05) is 42.5 Å². The second-order valence-electron chi connectivity index (χ2n) is 6.91. The van der Waals surface area contributed by atoms with Gasteiger partial charge in [0.15, 0.2) is 0 Å². The van der Waals surface area contributed by atoms with Crippen LogP contribution in [0.5, 0.6) is 0 Å². The van der Waals surface area contributed by atoms with Gasteiger partial charge in [0, 0.05) is 32.3 Å². The molecule has 0 amide bonds. The van der Waals surface area contributed by atoms with Crippen molar-refractivity contribution in [3.05, 3.63) is 70.0 Å². The summed E-state index contributed by atoms with van der Waals surface area (Å²) < 4.78 is 1.43. The van der Waals surface area contributed by atoms with E-state index in [1.807, 2.05) is 37.2 Å². The van der Waals surface area contributed by atoms with E-state index in [1.165, 1.54) is 27.1 Å². The van der Waals surface area contributed by atoms with Gasteiger partial charge >= 0.3 is 5.97 Å². The SMILES string of the molecule is CN(C)c1c(Cc2cccc3ccccc23)cc(=O)n2c1SCC2C(=O)O. The van der Waals surface area contributed by atoms with E-state index in [2.05, 4.69) is 24.3 Å². The van der Waals surface area contributed by atoms with Crippen molar-refractivity contribution in [3.63, 3.8) is 0 Å². The van der Waals surface area contributed by atoms with Crippen LogP contribution in [-0.2, 0) is 11.2 Å². The highest BCUT2D eigenvalue weighted by molar-refractivity contribution is 7.99. The fraction of sp³-hybridized carbons (Fsp3) is 0.238. The van der Waals surface area contributed by atoms with E-state index in [-0.39, 0.29) is 5.56 Å². The monoisotopic (exact) mass is 380 g/mol. The Kier molecular flexibility index (Phi) is 4.44. The van der Waals surface area contributed by atoms with Crippen LogP contribution >= 0.6 is 11.8 Å². The fourth-order valence-corrected chi connectivity index (χ4v) is 5.16. The molecule has 5 nitrogen and oxygen atoms in total. The van der Waals surface area contributed by atoms with Gasteiger partial charge in [0.05, 0.1) is 5.69 Å². The molecule has 0 spiro atoms. The van der Waals surface area contributed by atoms with Crippen molar-refractivity contribution < 1.29 is 9.90 Å². The normalized spacial score (nSPS) is 15.7. The van der Waals surface area contributed by atoms with E-state index in [0.29, 0.717) is 12.2 Å². The topological polar surface area (TPSA) is 62.5 Å². The van der Waals surface area contributed by atoms with E-state index in [0.717, 1.165) is 21.8 Å². The average molecular weight is 380 g/mol. The van der Waals surface area contributed by atoms with Crippen LogP contribution in [-0.4, -0.2) is 35.5 Å². The minimum absolute atomic E-state index is 0.247. The predicted octanol–water partition coefficient (Wildman–Crippen LogP) is 3.39. The molecule has 2 aromatic carbocycles. The van der Waals surface area contributed by atoms with Crippen LogP contribution in [0.3, 0.4) is 0 Å². The number of hydrogen-bond acceptors (Lipinski definition) is 4. The number of hydrogen-bond donors (Lipinski definition) is 1. The quantitative estimate of drug-likeness (QED) is 0.752. The van der Waals surface area contributed by atoms with E-state index < -0.39 is 12.0 Å². The van der Waals surface area contributed by atoms with Gasteiger partial charge < -0.3 is 10.0 Å². The third-order valence-electron chi connectivity index (χ3n) is 4.94. The molecule has 0 saturated carbocycles. The number of aliphatic carboxylic acids is 1. The molecule has 27 heavy (non-hydrogen) atoms. The number of pyridine rings is 1. The van der Waals surface area contributed by atoms with Gasteiger partial charge in [-0.3, -0.25) is 9.36 Å². The molecule has 0 bridgehead atoms. The molecule has 3 aromatic rings. The molecular formula is C21H20N2O3S. The van der Waals surface area contributed by atoms with Crippen LogP contribution in [0.15, 0.2) is 58.4 Å². The van der Waals surface area contributed by atoms with Gasteiger partial charge in [-0.15, -0.1) is 11.8 Å². The Bertz CT molecular complexity index is 1100. The molecule has 1 atom stereocenters. The van der Waals surface area contributed by atoms with Crippen molar-refractivity contribution in [2.75, 3.05) is 24.7 Å². The van der Waals surface area contributed by atoms with E-state index in [1.54, 1.807) is 6.07 Å². The zero-order chi connectivity index (χ0) is 19.1. The lowest BCUT2D eigenvalue weighted by Crippen LogP contribution is -2.30. The van der Waals surface area contributed by atoms with Gasteiger partial charge in [0.25, 0.3) is 5.56 Å².